The largest absolute Gasteiger partial charge is 0.377 e. The van der Waals surface area contributed by atoms with E-state index in [1.54, 1.807) is 14.0 Å². The molecule has 1 aliphatic carbocycles. The highest BCUT2D eigenvalue weighted by Crippen LogP contribution is 2.36. The molecule has 1 unspecified atom stereocenters. The first-order chi connectivity index (χ1) is 9.60. The minimum atomic E-state index is -0.301. The van der Waals surface area contributed by atoms with Crippen LogP contribution in [0.15, 0.2) is 22.5 Å². The number of ketones is 2. The summed E-state index contributed by atoms with van der Waals surface area (Å²) in [5.41, 5.74) is 2.31. The van der Waals surface area contributed by atoms with Crippen molar-refractivity contribution in [1.29, 1.82) is 0 Å². The quantitative estimate of drug-likeness (QED) is 0.547. The Morgan fingerprint density at radius 3 is 2.05 bits per heavy atom. The summed E-state index contributed by atoms with van der Waals surface area (Å²) in [5.74, 6) is -0.0234. The third-order valence-corrected chi connectivity index (χ3v) is 4.13. The number of carbonyl (C=O) groups excluding carboxylic acids is 2. The van der Waals surface area contributed by atoms with Gasteiger partial charge in [0.1, 0.15) is 0 Å². The Bertz CT molecular complexity index is 535. The Kier molecular flexibility index (Phi) is 3.17. The minimum Gasteiger partial charge on any atom is -0.377 e. The van der Waals surface area contributed by atoms with Crippen molar-refractivity contribution >= 4 is 11.6 Å². The number of hydrogen-bond acceptors (Lipinski definition) is 5. The number of methoxy groups -OCH3 is 1. The third-order valence-electron chi connectivity index (χ3n) is 4.13. The van der Waals surface area contributed by atoms with E-state index >= 15 is 0 Å². The van der Waals surface area contributed by atoms with Crippen LogP contribution < -0.4 is 0 Å². The van der Waals surface area contributed by atoms with Crippen molar-refractivity contribution in [2.75, 3.05) is 33.3 Å². The lowest BCUT2D eigenvalue weighted by Crippen LogP contribution is -2.35. The van der Waals surface area contributed by atoms with Crippen molar-refractivity contribution in [3.63, 3.8) is 0 Å². The molecule has 5 heteroatoms. The van der Waals surface area contributed by atoms with E-state index in [1.165, 1.54) is 0 Å². The molecule has 0 saturated carbocycles. The molecule has 5 nitrogen and oxygen atoms in total. The van der Waals surface area contributed by atoms with Gasteiger partial charge in [-0.1, -0.05) is 6.92 Å². The van der Waals surface area contributed by atoms with Gasteiger partial charge in [-0.15, -0.1) is 0 Å². The number of Topliss-reactive ketones (excluding diaryl/α,β-unsaturated/α-hetero) is 2. The highest BCUT2D eigenvalue weighted by atomic mass is 16.5. The van der Waals surface area contributed by atoms with Crippen LogP contribution in [0.5, 0.6) is 0 Å². The molecule has 0 bridgehead atoms. The van der Waals surface area contributed by atoms with Crippen LogP contribution >= 0.6 is 0 Å². The fourth-order valence-electron chi connectivity index (χ4n) is 2.84. The number of allylic oxidation sites excluding steroid dienone is 2. The average molecular weight is 276 g/mol. The van der Waals surface area contributed by atoms with E-state index in [-0.39, 0.29) is 17.7 Å². The summed E-state index contributed by atoms with van der Waals surface area (Å²) in [6, 6.07) is 0. The first kappa shape index (κ1) is 13.4. The molecule has 3 aliphatic rings. The minimum absolute atomic E-state index is 0.00509. The standard InChI is InChI=1S/C15H20N2O3/c1-4-10(20-3)11-13(17-7-8-17)14(18)9(2)12(15(11)19)16-5-6-16/h10H,4-8H2,1-3H3. The molecule has 0 amide bonds. The van der Waals surface area contributed by atoms with E-state index in [2.05, 4.69) is 0 Å². The van der Waals surface area contributed by atoms with Gasteiger partial charge in [0.15, 0.2) is 0 Å². The third kappa shape index (κ3) is 1.97. The maximum absolute atomic E-state index is 12.8. The van der Waals surface area contributed by atoms with Crippen molar-refractivity contribution in [2.24, 2.45) is 0 Å². The lowest BCUT2D eigenvalue weighted by Gasteiger charge is -2.27. The summed E-state index contributed by atoms with van der Waals surface area (Å²) in [4.78, 5) is 29.4. The summed E-state index contributed by atoms with van der Waals surface area (Å²) in [6.07, 6.45) is 0.388. The first-order valence-electron chi connectivity index (χ1n) is 7.17. The molecular formula is C15H20N2O3. The van der Waals surface area contributed by atoms with Crippen molar-refractivity contribution < 1.29 is 14.3 Å². The van der Waals surface area contributed by atoms with Gasteiger partial charge < -0.3 is 14.5 Å². The number of ether oxygens (including phenoxy) is 1. The average Bonchev–Trinajstić information content (AvgIpc) is 3.28. The van der Waals surface area contributed by atoms with Crippen LogP contribution in [0, 0.1) is 0 Å². The number of rotatable bonds is 5. The molecule has 2 saturated heterocycles. The maximum Gasteiger partial charge on any atom is 0.210 e. The summed E-state index contributed by atoms with van der Waals surface area (Å²) < 4.78 is 5.45. The van der Waals surface area contributed by atoms with E-state index in [9.17, 15) is 9.59 Å². The number of nitrogens with zero attached hydrogens (tertiary/aromatic N) is 2. The Labute approximate surface area is 118 Å². The van der Waals surface area contributed by atoms with Crippen LogP contribution in [0.2, 0.25) is 0 Å². The van der Waals surface area contributed by atoms with Crippen LogP contribution in [0.1, 0.15) is 20.3 Å². The van der Waals surface area contributed by atoms with Gasteiger partial charge >= 0.3 is 0 Å². The van der Waals surface area contributed by atoms with Crippen LogP contribution in [-0.4, -0.2) is 60.8 Å². The zero-order chi connectivity index (χ0) is 14.4. The van der Waals surface area contributed by atoms with Crippen LogP contribution in [0.25, 0.3) is 0 Å². The normalized spacial score (nSPS) is 23.8. The van der Waals surface area contributed by atoms with Crippen molar-refractivity contribution in [2.45, 2.75) is 26.4 Å². The Balaban J connectivity index is 2.09. The van der Waals surface area contributed by atoms with Gasteiger partial charge in [0.2, 0.25) is 11.6 Å². The van der Waals surface area contributed by atoms with Gasteiger partial charge in [-0.3, -0.25) is 9.59 Å². The zero-order valence-electron chi connectivity index (χ0n) is 12.2. The van der Waals surface area contributed by atoms with Crippen LogP contribution in [0.4, 0.5) is 0 Å². The van der Waals surface area contributed by atoms with Gasteiger partial charge in [-0.05, 0) is 13.3 Å². The molecule has 0 aromatic rings. The van der Waals surface area contributed by atoms with Gasteiger partial charge in [-0.25, -0.2) is 0 Å². The second kappa shape index (κ2) is 4.74. The Morgan fingerprint density at radius 2 is 1.60 bits per heavy atom. The Hall–Kier alpha value is -1.62. The molecule has 2 fully saturated rings. The molecule has 0 aromatic carbocycles. The smallest absolute Gasteiger partial charge is 0.210 e. The predicted octanol–water partition coefficient (Wildman–Crippen LogP) is 0.723. The molecule has 3 rings (SSSR count). The topological polar surface area (TPSA) is 49.4 Å². The molecule has 108 valence electrons. The van der Waals surface area contributed by atoms with E-state index in [1.807, 2.05) is 16.7 Å². The van der Waals surface area contributed by atoms with Crippen LogP contribution in [-0.2, 0) is 14.3 Å². The summed E-state index contributed by atoms with van der Waals surface area (Å²) in [6.45, 7) is 7.17. The first-order valence-corrected chi connectivity index (χ1v) is 7.17. The lowest BCUT2D eigenvalue weighted by atomic mass is 9.87. The maximum atomic E-state index is 12.8. The van der Waals surface area contributed by atoms with Crippen molar-refractivity contribution in [3.05, 3.63) is 22.5 Å². The highest BCUT2D eigenvalue weighted by Gasteiger charge is 2.44. The molecular weight excluding hydrogens is 256 g/mol. The molecule has 0 radical (unpaired) electrons. The fraction of sp³-hybridized carbons (Fsp3) is 0.600. The lowest BCUT2D eigenvalue weighted by molar-refractivity contribution is -0.118. The molecule has 0 N–H and O–H groups in total. The predicted molar refractivity (Wildman–Crippen MR) is 74.0 cm³/mol. The van der Waals surface area contributed by atoms with Gasteiger partial charge in [0.25, 0.3) is 0 Å². The number of carbonyl (C=O) groups is 2. The summed E-state index contributed by atoms with van der Waals surface area (Å²) >= 11 is 0. The molecule has 20 heavy (non-hydrogen) atoms. The second-order valence-corrected chi connectivity index (χ2v) is 5.50. The molecule has 1 atom stereocenters. The van der Waals surface area contributed by atoms with Gasteiger partial charge in [0.05, 0.1) is 23.1 Å². The molecule has 0 spiro atoms. The van der Waals surface area contributed by atoms with Crippen LogP contribution in [0.3, 0.4) is 0 Å². The van der Waals surface area contributed by atoms with Crippen molar-refractivity contribution in [3.8, 4) is 0 Å². The molecule has 0 aromatic heterocycles. The molecule has 2 aliphatic heterocycles. The second-order valence-electron chi connectivity index (χ2n) is 5.50. The Morgan fingerprint density at radius 1 is 1.05 bits per heavy atom. The van der Waals surface area contributed by atoms with E-state index in [4.69, 9.17) is 4.74 Å². The van der Waals surface area contributed by atoms with Crippen molar-refractivity contribution in [1.82, 2.24) is 9.80 Å². The van der Waals surface area contributed by atoms with E-state index in [0.717, 1.165) is 26.2 Å². The van der Waals surface area contributed by atoms with E-state index < -0.39 is 0 Å². The summed E-state index contributed by atoms with van der Waals surface area (Å²) in [7, 11) is 1.60. The van der Waals surface area contributed by atoms with E-state index in [0.29, 0.717) is 29.0 Å². The highest BCUT2D eigenvalue weighted by molar-refractivity contribution is 6.25. The zero-order valence-corrected chi connectivity index (χ0v) is 12.2. The molecule has 2 heterocycles. The fourth-order valence-corrected chi connectivity index (χ4v) is 2.84. The monoisotopic (exact) mass is 276 g/mol. The van der Waals surface area contributed by atoms with Gasteiger partial charge in [-0.2, -0.15) is 0 Å². The SMILES string of the molecule is CCC(OC)C1=C(N2CC2)C(=O)C(C)=C(N2CC2)C1=O. The summed E-state index contributed by atoms with van der Waals surface area (Å²) in [5, 5.41) is 0. The number of hydrogen-bond donors (Lipinski definition) is 0. The van der Waals surface area contributed by atoms with Gasteiger partial charge in [0, 0.05) is 38.9 Å².